The van der Waals surface area contributed by atoms with E-state index in [9.17, 15) is 21.0 Å². The van der Waals surface area contributed by atoms with Crippen LogP contribution in [0.5, 0.6) is 0 Å². The molecule has 0 spiro atoms. The van der Waals surface area contributed by atoms with E-state index in [2.05, 4.69) is 57.7 Å². The molecule has 12 rings (SSSR count). The van der Waals surface area contributed by atoms with Crippen molar-refractivity contribution in [3.05, 3.63) is 168 Å². The Morgan fingerprint density at radius 2 is 0.750 bits per heavy atom. The zero-order valence-corrected chi connectivity index (χ0v) is 31.4. The van der Waals surface area contributed by atoms with Gasteiger partial charge in [-0.1, -0.05) is 72.8 Å². The molecule has 0 aliphatic rings. The van der Waals surface area contributed by atoms with Crippen LogP contribution < -0.4 is 0 Å². The lowest BCUT2D eigenvalue weighted by Gasteiger charge is -2.17. The molecule has 0 radical (unpaired) electrons. The molecule has 0 bridgehead atoms. The van der Waals surface area contributed by atoms with E-state index >= 15 is 0 Å². The molecule has 0 unspecified atom stereocenters. The Labute approximate surface area is 340 Å². The van der Waals surface area contributed by atoms with Gasteiger partial charge in [0.2, 0.25) is 0 Å². The van der Waals surface area contributed by atoms with Gasteiger partial charge in [-0.3, -0.25) is 0 Å². The number of rotatable bonds is 3. The second kappa shape index (κ2) is 12.2. The maximum atomic E-state index is 10.8. The topological polar surface area (TPSA) is 131 Å². The number of hydrogen-bond acceptors (Lipinski definition) is 6. The highest BCUT2D eigenvalue weighted by Crippen LogP contribution is 2.45. The highest BCUT2D eigenvalue weighted by atomic mass is 16.3. The van der Waals surface area contributed by atoms with Crippen molar-refractivity contribution in [3.63, 3.8) is 0 Å². The fourth-order valence-corrected chi connectivity index (χ4v) is 9.46. The number of para-hydroxylation sites is 4. The van der Waals surface area contributed by atoms with Crippen LogP contribution in [0.15, 0.2) is 154 Å². The number of aromatic nitrogens is 2. The molecule has 0 aliphatic heterocycles. The lowest BCUT2D eigenvalue weighted by atomic mass is 9.90. The Morgan fingerprint density at radius 3 is 1.17 bits per heavy atom. The van der Waals surface area contributed by atoms with E-state index in [1.54, 1.807) is 12.1 Å². The van der Waals surface area contributed by atoms with Gasteiger partial charge in [0.15, 0.2) is 0 Å². The molecule has 0 fully saturated rings. The maximum Gasteiger partial charge on any atom is 0.136 e. The van der Waals surface area contributed by atoms with Gasteiger partial charge in [-0.05, 0) is 72.8 Å². The summed E-state index contributed by atoms with van der Waals surface area (Å²) in [4.78, 5) is 0. The summed E-state index contributed by atoms with van der Waals surface area (Å²) in [5, 5.41) is 50.8. The van der Waals surface area contributed by atoms with Crippen LogP contribution in [-0.2, 0) is 0 Å². The molecular weight excluding hydrogens is 741 g/mol. The van der Waals surface area contributed by atoms with Gasteiger partial charge in [-0.25, -0.2) is 0 Å². The molecule has 0 saturated carbocycles. The van der Waals surface area contributed by atoms with Crippen LogP contribution in [0, 0.1) is 45.3 Å². The van der Waals surface area contributed by atoms with E-state index in [4.69, 9.17) is 8.83 Å². The first-order chi connectivity index (χ1) is 29.6. The SMILES string of the molecule is N#Cc1cc(-n2c3ccccc3c3c4c(ccc32)oc2ccccc24)cc(-c2cc(-n3c4ccccc4c4c5c(ccc43)oc3ccccc35)cc(C#N)c2C#N)c1C#N. The molecule has 4 aromatic heterocycles. The maximum absolute atomic E-state index is 10.8. The number of furan rings is 2. The van der Waals surface area contributed by atoms with Crippen molar-refractivity contribution < 1.29 is 8.83 Å². The Balaban J connectivity index is 1.17. The van der Waals surface area contributed by atoms with Gasteiger partial charge in [0.05, 0.1) is 44.3 Å². The molecule has 12 aromatic rings. The van der Waals surface area contributed by atoms with Crippen molar-refractivity contribution in [2.75, 3.05) is 0 Å². The number of fused-ring (bicyclic) bond motifs is 14. The fourth-order valence-electron chi connectivity index (χ4n) is 9.46. The third-order valence-electron chi connectivity index (χ3n) is 11.9. The van der Waals surface area contributed by atoms with Gasteiger partial charge in [0.25, 0.3) is 0 Å². The van der Waals surface area contributed by atoms with Crippen LogP contribution in [0.2, 0.25) is 0 Å². The molecule has 8 nitrogen and oxygen atoms in total. The van der Waals surface area contributed by atoms with Crippen LogP contribution in [-0.4, -0.2) is 9.13 Å². The minimum atomic E-state index is 0.108. The van der Waals surface area contributed by atoms with Crippen molar-refractivity contribution in [1.29, 1.82) is 21.0 Å². The van der Waals surface area contributed by atoms with E-state index in [1.165, 1.54) is 0 Å². The third-order valence-corrected chi connectivity index (χ3v) is 11.9. The van der Waals surface area contributed by atoms with E-state index in [1.807, 2.05) is 109 Å². The summed E-state index contributed by atoms with van der Waals surface area (Å²) in [5.41, 5.74) is 9.11. The van der Waals surface area contributed by atoms with E-state index in [0.29, 0.717) is 22.5 Å². The molecule has 4 heterocycles. The average Bonchev–Trinajstić information content (AvgIpc) is 4.05. The number of hydrogen-bond donors (Lipinski definition) is 0. The van der Waals surface area contributed by atoms with Gasteiger partial charge in [0, 0.05) is 65.6 Å². The van der Waals surface area contributed by atoms with Gasteiger partial charge >= 0.3 is 0 Å². The summed E-state index contributed by atoms with van der Waals surface area (Å²) in [6, 6.07) is 56.3. The average molecular weight is 765 g/mol. The fraction of sp³-hybridized carbons (Fsp3) is 0. The molecule has 8 heteroatoms. The molecule has 0 N–H and O–H groups in total. The molecule has 0 saturated heterocycles. The minimum absolute atomic E-state index is 0.108. The van der Waals surface area contributed by atoms with Crippen molar-refractivity contribution >= 4 is 87.5 Å². The largest absolute Gasteiger partial charge is 0.456 e. The molecule has 0 aliphatic carbocycles. The van der Waals surface area contributed by atoms with Crippen LogP contribution >= 0.6 is 0 Å². The summed E-state index contributed by atoms with van der Waals surface area (Å²) in [6.07, 6.45) is 0. The Morgan fingerprint density at radius 1 is 0.350 bits per heavy atom. The van der Waals surface area contributed by atoms with Gasteiger partial charge < -0.3 is 18.0 Å². The number of benzene rings is 8. The Hall–Kier alpha value is -9.08. The van der Waals surface area contributed by atoms with E-state index < -0.39 is 0 Å². The number of nitriles is 4. The monoisotopic (exact) mass is 764 g/mol. The van der Waals surface area contributed by atoms with Crippen molar-refractivity contribution in [2.45, 2.75) is 0 Å². The summed E-state index contributed by atoms with van der Waals surface area (Å²) in [5.74, 6) is 0. The predicted octanol–water partition coefficient (Wildman–Crippen LogP) is 12.8. The van der Waals surface area contributed by atoms with Crippen LogP contribution in [0.1, 0.15) is 22.3 Å². The van der Waals surface area contributed by atoms with Crippen LogP contribution in [0.25, 0.3) is 110 Å². The lowest BCUT2D eigenvalue weighted by molar-refractivity contribution is 0.669. The van der Waals surface area contributed by atoms with E-state index in [0.717, 1.165) is 87.5 Å². The summed E-state index contributed by atoms with van der Waals surface area (Å²) in [6.45, 7) is 0. The highest BCUT2D eigenvalue weighted by Gasteiger charge is 2.25. The summed E-state index contributed by atoms with van der Waals surface area (Å²) >= 11 is 0. The Bertz CT molecular complexity index is 3810. The first-order valence-corrected chi connectivity index (χ1v) is 19.2. The first-order valence-electron chi connectivity index (χ1n) is 19.2. The van der Waals surface area contributed by atoms with Crippen molar-refractivity contribution in [3.8, 4) is 46.8 Å². The normalized spacial score (nSPS) is 11.6. The number of nitrogens with zero attached hydrogens (tertiary/aromatic N) is 6. The van der Waals surface area contributed by atoms with Gasteiger partial charge in [-0.15, -0.1) is 0 Å². The third kappa shape index (κ3) is 4.34. The highest BCUT2D eigenvalue weighted by molar-refractivity contribution is 6.28. The molecule has 8 aromatic carbocycles. The zero-order valence-electron chi connectivity index (χ0n) is 31.4. The quantitative estimate of drug-likeness (QED) is 0.176. The summed E-state index contributed by atoms with van der Waals surface area (Å²) in [7, 11) is 0. The van der Waals surface area contributed by atoms with Crippen molar-refractivity contribution in [1.82, 2.24) is 9.13 Å². The predicted molar refractivity (Wildman–Crippen MR) is 234 cm³/mol. The summed E-state index contributed by atoms with van der Waals surface area (Å²) < 4.78 is 16.8. The first kappa shape index (κ1) is 33.1. The standard InChI is InChI=1S/C52H24N6O2/c53-25-29-21-31(57-41-13-5-1-9-33(41)49-43(57)17-19-47-51(49)35-11-3-7-15-45(35)59-47)23-37(39(29)27-55)38-24-32(22-30(26-54)40(38)28-56)58-42-14-6-2-10-34(42)50-44(58)18-20-48-52(50)36-12-4-8-16-46(36)60-48/h1-24H. The molecule has 60 heavy (non-hydrogen) atoms. The molecule has 274 valence electrons. The Kier molecular flexibility index (Phi) is 6.73. The second-order valence-electron chi connectivity index (χ2n) is 14.8. The van der Waals surface area contributed by atoms with E-state index in [-0.39, 0.29) is 22.3 Å². The molecular formula is C52H24N6O2. The second-order valence-corrected chi connectivity index (χ2v) is 14.8. The smallest absolute Gasteiger partial charge is 0.136 e. The lowest BCUT2D eigenvalue weighted by Crippen LogP contribution is -2.02. The van der Waals surface area contributed by atoms with Gasteiger partial charge in [0.1, 0.15) is 46.6 Å². The van der Waals surface area contributed by atoms with Gasteiger partial charge in [-0.2, -0.15) is 21.0 Å². The zero-order chi connectivity index (χ0) is 40.2. The molecule has 0 amide bonds. The van der Waals surface area contributed by atoms with Crippen LogP contribution in [0.4, 0.5) is 0 Å². The minimum Gasteiger partial charge on any atom is -0.456 e. The van der Waals surface area contributed by atoms with Crippen molar-refractivity contribution in [2.24, 2.45) is 0 Å². The molecule has 0 atom stereocenters. The van der Waals surface area contributed by atoms with Crippen LogP contribution in [0.3, 0.4) is 0 Å².